The highest BCUT2D eigenvalue weighted by molar-refractivity contribution is 7.89. The summed E-state index contributed by atoms with van der Waals surface area (Å²) in [5.74, 6) is 1.77. The normalized spacial score (nSPS) is 14.3. The van der Waals surface area contributed by atoms with Crippen molar-refractivity contribution >= 4 is 33.8 Å². The smallest absolute Gasteiger partial charge is 0.240 e. The van der Waals surface area contributed by atoms with Crippen LogP contribution in [0.25, 0.3) is 12.2 Å². The molecule has 1 aromatic carbocycles. The molecule has 2 aromatic heterocycles. The van der Waals surface area contributed by atoms with Crippen molar-refractivity contribution in [3.05, 3.63) is 64.9 Å². The van der Waals surface area contributed by atoms with Crippen LogP contribution in [0.3, 0.4) is 0 Å². The second kappa shape index (κ2) is 8.52. The van der Waals surface area contributed by atoms with Crippen molar-refractivity contribution < 1.29 is 22.2 Å². The van der Waals surface area contributed by atoms with Crippen molar-refractivity contribution in [2.75, 3.05) is 5.32 Å². The maximum Gasteiger partial charge on any atom is 0.240 e. The van der Waals surface area contributed by atoms with Gasteiger partial charge in [-0.1, -0.05) is 23.4 Å². The summed E-state index contributed by atoms with van der Waals surface area (Å²) < 4.78 is 38.2. The lowest BCUT2D eigenvalue weighted by molar-refractivity contribution is -0.117. The van der Waals surface area contributed by atoms with Gasteiger partial charge in [0.05, 0.1) is 11.4 Å². The van der Waals surface area contributed by atoms with Gasteiger partial charge < -0.3 is 14.3 Å². The third-order valence-corrected chi connectivity index (χ3v) is 6.35. The minimum atomic E-state index is -3.66. The summed E-state index contributed by atoms with van der Waals surface area (Å²) in [6, 6.07) is 9.94. The molecule has 8 nitrogen and oxygen atoms in total. The maximum atomic E-state index is 12.5. The molecule has 4 rings (SSSR count). The van der Waals surface area contributed by atoms with Crippen LogP contribution < -0.4 is 10.0 Å². The molecule has 0 bridgehead atoms. The Morgan fingerprint density at radius 2 is 1.87 bits per heavy atom. The maximum absolute atomic E-state index is 12.5. The van der Waals surface area contributed by atoms with Gasteiger partial charge in [-0.25, -0.2) is 13.1 Å². The number of sulfonamides is 1. The van der Waals surface area contributed by atoms with Gasteiger partial charge in [0.25, 0.3) is 0 Å². The third kappa shape index (κ3) is 5.12. The summed E-state index contributed by atoms with van der Waals surface area (Å²) in [6.07, 6.45) is 5.28. The van der Waals surface area contributed by atoms with Crippen molar-refractivity contribution in [3.8, 4) is 0 Å². The lowest BCUT2D eigenvalue weighted by Crippen LogP contribution is -2.22. The van der Waals surface area contributed by atoms with E-state index in [0.29, 0.717) is 22.9 Å². The Kier molecular flexibility index (Phi) is 5.79. The van der Waals surface area contributed by atoms with Gasteiger partial charge in [0.15, 0.2) is 5.76 Å². The zero-order chi connectivity index (χ0) is 22.0. The lowest BCUT2D eigenvalue weighted by atomic mass is 10.2. The molecule has 1 aliphatic rings. The molecule has 0 spiro atoms. The Balaban J connectivity index is 1.42. The quantitative estimate of drug-likeness (QED) is 0.548. The van der Waals surface area contributed by atoms with E-state index in [0.717, 1.165) is 24.2 Å². The number of aryl methyl sites for hydroxylation is 2. The SMILES string of the molecule is Cc1ccc(CNS(=O)(=O)c2ccc(C=Cc3onc(C)c3NC(=O)C3CC3)cc2)o1. The van der Waals surface area contributed by atoms with Crippen LogP contribution in [0.1, 0.15) is 41.4 Å². The van der Waals surface area contributed by atoms with Gasteiger partial charge in [-0.15, -0.1) is 0 Å². The Hall–Kier alpha value is -3.17. The first-order valence-corrected chi connectivity index (χ1v) is 11.4. The van der Waals surface area contributed by atoms with E-state index >= 15 is 0 Å². The molecule has 1 aliphatic carbocycles. The van der Waals surface area contributed by atoms with E-state index in [1.165, 1.54) is 12.1 Å². The summed E-state index contributed by atoms with van der Waals surface area (Å²) in [6.45, 7) is 3.65. The molecule has 31 heavy (non-hydrogen) atoms. The Labute approximate surface area is 180 Å². The van der Waals surface area contributed by atoms with Gasteiger partial charge >= 0.3 is 0 Å². The first-order chi connectivity index (χ1) is 14.8. The molecule has 1 saturated carbocycles. The Morgan fingerprint density at radius 1 is 1.13 bits per heavy atom. The van der Waals surface area contributed by atoms with Crippen molar-refractivity contribution in [3.63, 3.8) is 0 Å². The van der Waals surface area contributed by atoms with E-state index in [2.05, 4.69) is 15.2 Å². The summed E-state index contributed by atoms with van der Waals surface area (Å²) in [7, 11) is -3.66. The first kappa shape index (κ1) is 21.1. The van der Waals surface area contributed by atoms with Crippen LogP contribution in [0.4, 0.5) is 5.69 Å². The molecule has 0 unspecified atom stereocenters. The van der Waals surface area contributed by atoms with Crippen LogP contribution in [-0.2, 0) is 21.4 Å². The second-order valence-corrected chi connectivity index (χ2v) is 9.28. The van der Waals surface area contributed by atoms with E-state index in [9.17, 15) is 13.2 Å². The number of rotatable bonds is 8. The van der Waals surface area contributed by atoms with Gasteiger partial charge in [-0.3, -0.25) is 4.79 Å². The summed E-state index contributed by atoms with van der Waals surface area (Å²) in [5, 5.41) is 6.79. The van der Waals surface area contributed by atoms with Crippen LogP contribution in [0.2, 0.25) is 0 Å². The molecule has 2 heterocycles. The fourth-order valence-corrected chi connectivity index (χ4v) is 3.98. The average molecular weight is 442 g/mol. The fraction of sp³-hybridized carbons (Fsp3) is 0.273. The molecule has 162 valence electrons. The number of amides is 1. The van der Waals surface area contributed by atoms with Crippen molar-refractivity contribution in [2.24, 2.45) is 5.92 Å². The number of carbonyl (C=O) groups excluding carboxylic acids is 1. The number of benzene rings is 1. The largest absolute Gasteiger partial charge is 0.465 e. The molecule has 1 fully saturated rings. The average Bonchev–Trinajstić information content (AvgIpc) is 3.44. The molecule has 0 saturated heterocycles. The van der Waals surface area contributed by atoms with E-state index in [1.807, 2.05) is 0 Å². The summed E-state index contributed by atoms with van der Waals surface area (Å²) in [4.78, 5) is 12.2. The number of anilines is 1. The minimum absolute atomic E-state index is 0.0206. The van der Waals surface area contributed by atoms with Crippen LogP contribution in [-0.4, -0.2) is 19.5 Å². The standard InChI is InChI=1S/C22H23N3O5S/c1-14-3-9-18(29-14)13-23-31(27,28)19-10-4-16(5-11-19)6-12-20-21(15(2)25-30-20)24-22(26)17-7-8-17/h3-6,9-12,17,23H,7-8,13H2,1-2H3,(H,24,26). The predicted molar refractivity (Wildman–Crippen MR) is 115 cm³/mol. The zero-order valence-corrected chi connectivity index (χ0v) is 18.0. The predicted octanol–water partition coefficient (Wildman–Crippen LogP) is 3.88. The molecule has 0 atom stereocenters. The highest BCUT2D eigenvalue weighted by Gasteiger charge is 2.30. The van der Waals surface area contributed by atoms with Crippen LogP contribution in [0.15, 0.2) is 50.2 Å². The molecule has 0 aliphatic heterocycles. The molecule has 1 amide bonds. The molecular formula is C22H23N3O5S. The molecule has 0 radical (unpaired) electrons. The number of hydrogen-bond acceptors (Lipinski definition) is 6. The molecule has 2 N–H and O–H groups in total. The van der Waals surface area contributed by atoms with E-state index in [4.69, 9.17) is 8.94 Å². The van der Waals surface area contributed by atoms with Gasteiger partial charge in [0, 0.05) is 5.92 Å². The minimum Gasteiger partial charge on any atom is -0.465 e. The number of nitrogens with zero attached hydrogens (tertiary/aromatic N) is 1. The van der Waals surface area contributed by atoms with E-state index in [-0.39, 0.29) is 23.3 Å². The highest BCUT2D eigenvalue weighted by atomic mass is 32.2. The van der Waals surface area contributed by atoms with Crippen LogP contribution in [0.5, 0.6) is 0 Å². The van der Waals surface area contributed by atoms with Crippen LogP contribution >= 0.6 is 0 Å². The number of hydrogen-bond donors (Lipinski definition) is 2. The second-order valence-electron chi connectivity index (χ2n) is 7.51. The molecule has 3 aromatic rings. The van der Waals surface area contributed by atoms with Crippen molar-refractivity contribution in [1.82, 2.24) is 9.88 Å². The van der Waals surface area contributed by atoms with Gasteiger partial charge in [-0.05, 0) is 62.6 Å². The zero-order valence-electron chi connectivity index (χ0n) is 17.2. The van der Waals surface area contributed by atoms with Gasteiger partial charge in [0.2, 0.25) is 15.9 Å². The summed E-state index contributed by atoms with van der Waals surface area (Å²) in [5.41, 5.74) is 1.94. The van der Waals surface area contributed by atoms with Gasteiger partial charge in [0.1, 0.15) is 22.9 Å². The van der Waals surface area contributed by atoms with Crippen LogP contribution in [0, 0.1) is 19.8 Å². The topological polar surface area (TPSA) is 114 Å². The van der Waals surface area contributed by atoms with Crippen molar-refractivity contribution in [1.29, 1.82) is 0 Å². The Morgan fingerprint density at radius 3 is 2.52 bits per heavy atom. The number of nitrogens with one attached hydrogen (secondary N) is 2. The van der Waals surface area contributed by atoms with Gasteiger partial charge in [-0.2, -0.15) is 0 Å². The summed E-state index contributed by atoms with van der Waals surface area (Å²) >= 11 is 0. The third-order valence-electron chi connectivity index (χ3n) is 4.94. The monoisotopic (exact) mass is 441 g/mol. The van der Waals surface area contributed by atoms with Crippen molar-refractivity contribution in [2.45, 2.75) is 38.1 Å². The Bertz CT molecular complexity index is 1220. The number of carbonyl (C=O) groups is 1. The lowest BCUT2D eigenvalue weighted by Gasteiger charge is -2.06. The van der Waals surface area contributed by atoms with E-state index < -0.39 is 10.0 Å². The first-order valence-electron chi connectivity index (χ1n) is 9.92. The van der Waals surface area contributed by atoms with E-state index in [1.54, 1.807) is 50.3 Å². The number of aromatic nitrogens is 1. The molecular weight excluding hydrogens is 418 g/mol. The number of furan rings is 1. The highest BCUT2D eigenvalue weighted by Crippen LogP contribution is 2.32. The molecule has 9 heteroatoms. The fourth-order valence-electron chi connectivity index (χ4n) is 2.98.